The first-order chi connectivity index (χ1) is 11.4. The second kappa shape index (κ2) is 8.32. The molecule has 0 saturated carbocycles. The van der Waals surface area contributed by atoms with Crippen molar-refractivity contribution in [3.63, 3.8) is 0 Å². The number of carbonyl (C=O) groups is 3. The molecule has 1 heterocycles. The number of hydrogen-bond donors (Lipinski definition) is 3. The van der Waals surface area contributed by atoms with Crippen LogP contribution in [0.3, 0.4) is 0 Å². The lowest BCUT2D eigenvalue weighted by molar-refractivity contribution is -0.124. The molecular weight excluding hydrogens is 355 g/mol. The molecule has 0 unspecified atom stereocenters. The maximum atomic E-state index is 12.5. The summed E-state index contributed by atoms with van der Waals surface area (Å²) in [6.07, 6.45) is 1.43. The van der Waals surface area contributed by atoms with Crippen molar-refractivity contribution in [1.29, 1.82) is 0 Å². The van der Waals surface area contributed by atoms with Crippen LogP contribution in [0.25, 0.3) is 0 Å². The van der Waals surface area contributed by atoms with E-state index in [4.69, 9.17) is 23.2 Å². The quantitative estimate of drug-likeness (QED) is 0.752. The van der Waals surface area contributed by atoms with Gasteiger partial charge in [0.15, 0.2) is 0 Å². The molecule has 24 heavy (non-hydrogen) atoms. The first-order valence-corrected chi connectivity index (χ1v) is 8.17. The second-order valence-electron chi connectivity index (χ2n) is 5.40. The van der Waals surface area contributed by atoms with Gasteiger partial charge in [0.1, 0.15) is 0 Å². The average Bonchev–Trinajstić information content (AvgIpc) is 2.93. The summed E-state index contributed by atoms with van der Waals surface area (Å²) in [6, 6.07) is 3.75. The highest BCUT2D eigenvalue weighted by atomic mass is 35.5. The fraction of sp³-hybridized carbons (Fsp3) is 0.400. The Balaban J connectivity index is 1.97. The zero-order valence-corrected chi connectivity index (χ0v) is 14.6. The van der Waals surface area contributed by atoms with Crippen LogP contribution in [0.2, 0.25) is 10.0 Å². The molecular formula is C15H18Cl2N4O3. The molecule has 0 aromatic heterocycles. The van der Waals surface area contributed by atoms with Gasteiger partial charge in [0.2, 0.25) is 11.8 Å². The number of benzene rings is 1. The molecule has 1 fully saturated rings. The Bertz CT molecular complexity index is 633. The molecule has 130 valence electrons. The zero-order chi connectivity index (χ0) is 17.7. The molecule has 1 saturated heterocycles. The van der Waals surface area contributed by atoms with Crippen molar-refractivity contribution in [1.82, 2.24) is 15.5 Å². The van der Waals surface area contributed by atoms with Crippen LogP contribution in [0.15, 0.2) is 18.2 Å². The van der Waals surface area contributed by atoms with E-state index in [9.17, 15) is 14.4 Å². The van der Waals surface area contributed by atoms with Crippen molar-refractivity contribution >= 4 is 46.7 Å². The summed E-state index contributed by atoms with van der Waals surface area (Å²) < 4.78 is 0. The molecule has 1 aliphatic heterocycles. The summed E-state index contributed by atoms with van der Waals surface area (Å²) in [5, 5.41) is 8.09. The number of hydrogen-bond acceptors (Lipinski definition) is 4. The van der Waals surface area contributed by atoms with Crippen LogP contribution in [0, 0.1) is 0 Å². The van der Waals surface area contributed by atoms with Crippen molar-refractivity contribution in [2.45, 2.75) is 18.9 Å². The summed E-state index contributed by atoms with van der Waals surface area (Å²) in [6.45, 7) is 0.581. The van der Waals surface area contributed by atoms with Crippen LogP contribution in [-0.2, 0) is 9.59 Å². The van der Waals surface area contributed by atoms with Crippen LogP contribution in [0.5, 0.6) is 0 Å². The average molecular weight is 373 g/mol. The fourth-order valence-electron chi connectivity index (χ4n) is 2.58. The lowest BCUT2D eigenvalue weighted by Crippen LogP contribution is -2.47. The highest BCUT2D eigenvalue weighted by Crippen LogP contribution is 2.24. The summed E-state index contributed by atoms with van der Waals surface area (Å²) in [5.74, 6) is -0.696. The van der Waals surface area contributed by atoms with Crippen molar-refractivity contribution < 1.29 is 14.4 Å². The number of rotatable bonds is 4. The number of nitrogens with one attached hydrogen (secondary N) is 3. The maximum absolute atomic E-state index is 12.5. The van der Waals surface area contributed by atoms with E-state index in [1.54, 1.807) is 23.1 Å². The molecule has 1 aliphatic rings. The largest absolute Gasteiger partial charge is 0.341 e. The van der Waals surface area contributed by atoms with Crippen LogP contribution in [0.1, 0.15) is 12.8 Å². The minimum atomic E-state index is -0.575. The molecule has 9 heteroatoms. The van der Waals surface area contributed by atoms with E-state index in [2.05, 4.69) is 16.0 Å². The maximum Gasteiger partial charge on any atom is 0.321 e. The second-order valence-corrected chi connectivity index (χ2v) is 6.28. The number of carbonyl (C=O) groups excluding carboxylic acids is 3. The van der Waals surface area contributed by atoms with Gasteiger partial charge in [-0.25, -0.2) is 4.79 Å². The summed E-state index contributed by atoms with van der Waals surface area (Å²) in [4.78, 5) is 37.1. The van der Waals surface area contributed by atoms with Gasteiger partial charge in [0.05, 0.1) is 12.6 Å². The molecule has 3 N–H and O–H groups in total. The molecule has 0 radical (unpaired) electrons. The van der Waals surface area contributed by atoms with Gasteiger partial charge >= 0.3 is 6.03 Å². The van der Waals surface area contributed by atoms with Gasteiger partial charge in [-0.15, -0.1) is 0 Å². The first-order valence-electron chi connectivity index (χ1n) is 7.41. The van der Waals surface area contributed by atoms with E-state index in [-0.39, 0.29) is 12.5 Å². The number of anilines is 1. The number of amides is 4. The van der Waals surface area contributed by atoms with Gasteiger partial charge in [-0.3, -0.25) is 19.8 Å². The Morgan fingerprint density at radius 1 is 1.21 bits per heavy atom. The number of urea groups is 1. The normalized spacial score (nSPS) is 17.4. The highest BCUT2D eigenvalue weighted by Gasteiger charge is 2.32. The van der Waals surface area contributed by atoms with Gasteiger partial charge in [-0.05, 0) is 37.6 Å². The van der Waals surface area contributed by atoms with E-state index in [1.165, 1.54) is 7.05 Å². The molecule has 7 nitrogen and oxygen atoms in total. The van der Waals surface area contributed by atoms with E-state index in [0.29, 0.717) is 28.7 Å². The van der Waals surface area contributed by atoms with Gasteiger partial charge in [0.25, 0.3) is 0 Å². The zero-order valence-electron chi connectivity index (χ0n) is 13.1. The van der Waals surface area contributed by atoms with Crippen molar-refractivity contribution in [2.24, 2.45) is 0 Å². The third-order valence-corrected chi connectivity index (χ3v) is 4.06. The molecule has 0 spiro atoms. The summed E-state index contributed by atoms with van der Waals surface area (Å²) >= 11 is 11.8. The Kier molecular flexibility index (Phi) is 6.42. The molecule has 2 rings (SSSR count). The number of likely N-dealkylation sites (tertiary alicyclic amines) is 1. The first kappa shape index (κ1) is 18.5. The van der Waals surface area contributed by atoms with Crippen LogP contribution in [-0.4, -0.2) is 48.9 Å². The number of imide groups is 1. The summed E-state index contributed by atoms with van der Waals surface area (Å²) in [5.41, 5.74) is 0.499. The molecule has 1 atom stereocenters. The van der Waals surface area contributed by atoms with Gasteiger partial charge in [0, 0.05) is 22.8 Å². The van der Waals surface area contributed by atoms with Crippen LogP contribution >= 0.6 is 23.2 Å². The van der Waals surface area contributed by atoms with Crippen molar-refractivity contribution in [3.8, 4) is 0 Å². The van der Waals surface area contributed by atoms with E-state index >= 15 is 0 Å². The minimum absolute atomic E-state index is 0.0260. The minimum Gasteiger partial charge on any atom is -0.341 e. The number of halogens is 2. The van der Waals surface area contributed by atoms with E-state index in [1.807, 2.05) is 0 Å². The van der Waals surface area contributed by atoms with E-state index in [0.717, 1.165) is 6.42 Å². The monoisotopic (exact) mass is 372 g/mol. The van der Waals surface area contributed by atoms with Crippen molar-refractivity contribution in [2.75, 3.05) is 25.5 Å². The van der Waals surface area contributed by atoms with Crippen molar-refractivity contribution in [3.05, 3.63) is 28.2 Å². The molecule has 0 bridgehead atoms. The Labute approximate surface area is 149 Å². The fourth-order valence-corrected chi connectivity index (χ4v) is 3.10. The lowest BCUT2D eigenvalue weighted by atomic mass is 10.2. The topological polar surface area (TPSA) is 90.5 Å². The van der Waals surface area contributed by atoms with Crippen LogP contribution in [0.4, 0.5) is 10.5 Å². The summed E-state index contributed by atoms with van der Waals surface area (Å²) in [7, 11) is 1.42. The lowest BCUT2D eigenvalue weighted by Gasteiger charge is -2.23. The molecule has 4 amide bonds. The molecule has 1 aromatic rings. The third kappa shape index (κ3) is 5.09. The van der Waals surface area contributed by atoms with Gasteiger partial charge < -0.3 is 10.6 Å². The Morgan fingerprint density at radius 3 is 2.50 bits per heavy atom. The Hall–Kier alpha value is -1.83. The predicted molar refractivity (Wildman–Crippen MR) is 92.3 cm³/mol. The predicted octanol–water partition coefficient (Wildman–Crippen LogP) is 1.85. The SMILES string of the molecule is CNC(=O)NC(=O)CN1CCC[C@H]1C(=O)Nc1cc(Cl)cc(Cl)c1. The number of nitrogens with zero attached hydrogens (tertiary/aromatic N) is 1. The molecule has 0 aliphatic carbocycles. The van der Waals surface area contributed by atoms with Gasteiger partial charge in [-0.1, -0.05) is 23.2 Å². The molecule has 1 aromatic carbocycles. The van der Waals surface area contributed by atoms with Gasteiger partial charge in [-0.2, -0.15) is 0 Å². The smallest absolute Gasteiger partial charge is 0.321 e. The third-order valence-electron chi connectivity index (χ3n) is 3.62. The standard InChI is InChI=1S/C15H18Cl2N4O3/c1-18-15(24)20-13(22)8-21-4-2-3-12(21)14(23)19-11-6-9(16)5-10(17)7-11/h5-7,12H,2-4,8H2,1H3,(H,19,23)(H2,18,20,22,24)/t12-/m0/s1. The van der Waals surface area contributed by atoms with E-state index < -0.39 is 18.0 Å². The van der Waals surface area contributed by atoms with Crippen LogP contribution < -0.4 is 16.0 Å². The Morgan fingerprint density at radius 2 is 1.88 bits per heavy atom. The highest BCUT2D eigenvalue weighted by molar-refractivity contribution is 6.35.